The number of hydrogen-bond acceptors (Lipinski definition) is 5. The number of carbonyl (C=O) groups is 2. The van der Waals surface area contributed by atoms with Crippen LogP contribution in [-0.4, -0.2) is 19.0 Å². The summed E-state index contributed by atoms with van der Waals surface area (Å²) in [5, 5.41) is 10.1. The summed E-state index contributed by atoms with van der Waals surface area (Å²) in [6, 6.07) is 24.8. The molecule has 0 saturated heterocycles. The third-order valence-corrected chi connectivity index (χ3v) is 5.72. The molecule has 0 saturated carbocycles. The molecule has 0 fully saturated rings. The first kappa shape index (κ1) is 21.3. The quantitative estimate of drug-likeness (QED) is 0.341. The maximum absolute atomic E-state index is 12.4. The molecule has 32 heavy (non-hydrogen) atoms. The number of anilines is 2. The minimum atomic E-state index is -0.354. The number of esters is 1. The molecule has 160 valence electrons. The molecule has 1 amide bonds. The van der Waals surface area contributed by atoms with Gasteiger partial charge < -0.3 is 15.4 Å². The van der Waals surface area contributed by atoms with E-state index in [4.69, 9.17) is 4.74 Å². The highest BCUT2D eigenvalue weighted by molar-refractivity contribution is 7.08. The molecule has 4 rings (SSSR count). The minimum Gasteiger partial charge on any atom is -0.465 e. The predicted molar refractivity (Wildman–Crippen MR) is 129 cm³/mol. The van der Waals surface area contributed by atoms with Crippen molar-refractivity contribution in [3.05, 3.63) is 106 Å². The molecular formula is C26H22N2O3S. The lowest BCUT2D eigenvalue weighted by molar-refractivity contribution is 0.0601. The molecule has 0 aliphatic carbocycles. The Balaban J connectivity index is 1.46. The van der Waals surface area contributed by atoms with Crippen LogP contribution in [0, 0.1) is 0 Å². The molecule has 0 aliphatic rings. The van der Waals surface area contributed by atoms with E-state index < -0.39 is 0 Å². The number of ether oxygens (including phenoxy) is 1. The van der Waals surface area contributed by atoms with Crippen molar-refractivity contribution in [2.24, 2.45) is 0 Å². The number of para-hydroxylation sites is 2. The summed E-state index contributed by atoms with van der Waals surface area (Å²) in [6.07, 6.45) is 0. The van der Waals surface area contributed by atoms with Crippen LogP contribution < -0.4 is 10.6 Å². The SMILES string of the molecule is COC(=O)c1ccccc1-c1ccc(CNc2ccccc2NC(=O)c2ccsc2)cc1. The van der Waals surface area contributed by atoms with Crippen LogP contribution in [0.25, 0.3) is 11.1 Å². The zero-order valence-corrected chi connectivity index (χ0v) is 18.3. The van der Waals surface area contributed by atoms with Crippen LogP contribution in [0.4, 0.5) is 11.4 Å². The van der Waals surface area contributed by atoms with Crippen molar-refractivity contribution in [1.29, 1.82) is 0 Å². The van der Waals surface area contributed by atoms with Gasteiger partial charge in [0.05, 0.1) is 29.6 Å². The number of nitrogens with one attached hydrogen (secondary N) is 2. The molecule has 2 N–H and O–H groups in total. The Bertz CT molecular complexity index is 1220. The lowest BCUT2D eigenvalue weighted by Crippen LogP contribution is -2.12. The number of thiophene rings is 1. The van der Waals surface area contributed by atoms with Crippen LogP contribution >= 0.6 is 11.3 Å². The zero-order valence-electron chi connectivity index (χ0n) is 17.5. The van der Waals surface area contributed by atoms with Crippen LogP contribution in [0.5, 0.6) is 0 Å². The first-order chi connectivity index (χ1) is 15.7. The predicted octanol–water partition coefficient (Wildman–Crippen LogP) is 6.07. The van der Waals surface area contributed by atoms with E-state index in [0.29, 0.717) is 17.7 Å². The number of amides is 1. The largest absolute Gasteiger partial charge is 0.465 e. The minimum absolute atomic E-state index is 0.130. The van der Waals surface area contributed by atoms with Crippen molar-refractivity contribution in [2.75, 3.05) is 17.7 Å². The van der Waals surface area contributed by atoms with Gasteiger partial charge in [-0.25, -0.2) is 4.79 Å². The fourth-order valence-corrected chi connectivity index (χ4v) is 3.99. The first-order valence-corrected chi connectivity index (χ1v) is 11.0. The van der Waals surface area contributed by atoms with E-state index in [1.807, 2.05) is 77.5 Å². The van der Waals surface area contributed by atoms with E-state index in [-0.39, 0.29) is 11.9 Å². The highest BCUT2D eigenvalue weighted by Crippen LogP contribution is 2.26. The van der Waals surface area contributed by atoms with Gasteiger partial charge >= 0.3 is 5.97 Å². The smallest absolute Gasteiger partial charge is 0.338 e. The highest BCUT2D eigenvalue weighted by atomic mass is 32.1. The Kier molecular flexibility index (Phi) is 6.63. The Morgan fingerprint density at radius 3 is 2.31 bits per heavy atom. The van der Waals surface area contributed by atoms with Gasteiger partial charge in [-0.1, -0.05) is 54.6 Å². The monoisotopic (exact) mass is 442 g/mol. The van der Waals surface area contributed by atoms with Gasteiger partial charge in [0.25, 0.3) is 5.91 Å². The Hall–Kier alpha value is -3.90. The molecule has 3 aromatic carbocycles. The van der Waals surface area contributed by atoms with E-state index in [1.165, 1.54) is 18.4 Å². The van der Waals surface area contributed by atoms with Crippen molar-refractivity contribution in [3.8, 4) is 11.1 Å². The fourth-order valence-electron chi connectivity index (χ4n) is 3.36. The van der Waals surface area contributed by atoms with E-state index in [2.05, 4.69) is 10.6 Å². The van der Waals surface area contributed by atoms with Gasteiger partial charge in [0.2, 0.25) is 0 Å². The van der Waals surface area contributed by atoms with Crippen LogP contribution in [0.1, 0.15) is 26.3 Å². The molecule has 1 aromatic heterocycles. The molecular weight excluding hydrogens is 420 g/mol. The van der Waals surface area contributed by atoms with E-state index >= 15 is 0 Å². The first-order valence-electron chi connectivity index (χ1n) is 10.1. The topological polar surface area (TPSA) is 67.4 Å². The van der Waals surface area contributed by atoms with Crippen molar-refractivity contribution in [3.63, 3.8) is 0 Å². The number of methoxy groups -OCH3 is 1. The third-order valence-electron chi connectivity index (χ3n) is 5.04. The zero-order chi connectivity index (χ0) is 22.3. The maximum Gasteiger partial charge on any atom is 0.338 e. The molecule has 5 nitrogen and oxygen atoms in total. The lowest BCUT2D eigenvalue weighted by Gasteiger charge is -2.13. The van der Waals surface area contributed by atoms with Crippen molar-refractivity contribution >= 4 is 34.6 Å². The molecule has 0 atom stereocenters. The normalized spacial score (nSPS) is 10.4. The van der Waals surface area contributed by atoms with Crippen LogP contribution in [-0.2, 0) is 11.3 Å². The molecule has 4 aromatic rings. The fraction of sp³-hybridized carbons (Fsp3) is 0.0769. The van der Waals surface area contributed by atoms with Gasteiger partial charge in [-0.2, -0.15) is 11.3 Å². The van der Waals surface area contributed by atoms with Crippen molar-refractivity contribution in [1.82, 2.24) is 0 Å². The van der Waals surface area contributed by atoms with E-state index in [0.717, 1.165) is 28.1 Å². The molecule has 0 spiro atoms. The third kappa shape index (κ3) is 4.87. The summed E-state index contributed by atoms with van der Waals surface area (Å²) in [5.74, 6) is -0.485. The van der Waals surface area contributed by atoms with Crippen LogP contribution in [0.3, 0.4) is 0 Å². The summed E-state index contributed by atoms with van der Waals surface area (Å²) in [5.41, 5.74) is 5.61. The maximum atomic E-state index is 12.4. The highest BCUT2D eigenvalue weighted by Gasteiger charge is 2.13. The summed E-state index contributed by atoms with van der Waals surface area (Å²) in [6.45, 7) is 0.588. The van der Waals surface area contributed by atoms with Crippen LogP contribution in [0.2, 0.25) is 0 Å². The van der Waals surface area contributed by atoms with Gasteiger partial charge in [0.1, 0.15) is 0 Å². The van der Waals surface area contributed by atoms with Crippen molar-refractivity contribution < 1.29 is 14.3 Å². The van der Waals surface area contributed by atoms with E-state index in [9.17, 15) is 9.59 Å². The number of rotatable bonds is 7. The van der Waals surface area contributed by atoms with Gasteiger partial charge in [-0.3, -0.25) is 4.79 Å². The summed E-state index contributed by atoms with van der Waals surface area (Å²) in [7, 11) is 1.38. The Morgan fingerprint density at radius 1 is 0.875 bits per heavy atom. The van der Waals surface area contributed by atoms with Gasteiger partial charge in [0, 0.05) is 11.9 Å². The average Bonchev–Trinajstić information content (AvgIpc) is 3.39. The standard InChI is InChI=1S/C26H22N2O3S/c1-31-26(30)22-7-3-2-6-21(22)19-12-10-18(11-13-19)16-27-23-8-4-5-9-24(23)28-25(29)20-14-15-32-17-20/h2-15,17,27H,16H2,1H3,(H,28,29). The number of benzene rings is 3. The average molecular weight is 443 g/mol. The summed E-state index contributed by atoms with van der Waals surface area (Å²) < 4.78 is 4.89. The van der Waals surface area contributed by atoms with Gasteiger partial charge in [0.15, 0.2) is 0 Å². The molecule has 0 aliphatic heterocycles. The van der Waals surface area contributed by atoms with E-state index in [1.54, 1.807) is 12.1 Å². The molecule has 0 bridgehead atoms. The lowest BCUT2D eigenvalue weighted by atomic mass is 9.98. The van der Waals surface area contributed by atoms with Crippen molar-refractivity contribution in [2.45, 2.75) is 6.54 Å². The molecule has 0 unspecified atom stereocenters. The summed E-state index contributed by atoms with van der Waals surface area (Å²) >= 11 is 1.49. The van der Waals surface area contributed by atoms with Crippen LogP contribution in [0.15, 0.2) is 89.6 Å². The second-order valence-electron chi connectivity index (χ2n) is 7.10. The second kappa shape index (κ2) is 9.94. The van der Waals surface area contributed by atoms with Gasteiger partial charge in [-0.05, 0) is 46.3 Å². The molecule has 6 heteroatoms. The Labute approximate surface area is 190 Å². The number of hydrogen-bond donors (Lipinski definition) is 2. The Morgan fingerprint density at radius 2 is 1.59 bits per heavy atom. The number of carbonyl (C=O) groups excluding carboxylic acids is 2. The summed E-state index contributed by atoms with van der Waals surface area (Å²) in [4.78, 5) is 24.5. The second-order valence-corrected chi connectivity index (χ2v) is 7.88. The molecule has 0 radical (unpaired) electrons. The molecule has 1 heterocycles. The van der Waals surface area contributed by atoms with Gasteiger partial charge in [-0.15, -0.1) is 0 Å².